The molecule has 2 aromatic carbocycles. The number of carbonyl (C=O) groups is 1. The van der Waals surface area contributed by atoms with E-state index in [1.54, 1.807) is 24.3 Å². The number of amides is 1. The molecule has 4 aliphatic rings. The minimum atomic E-state index is -0.974. The molecule has 1 unspecified atom stereocenters. The van der Waals surface area contributed by atoms with Gasteiger partial charge in [-0.15, -0.1) is 0 Å². The average Bonchev–Trinajstić information content (AvgIpc) is 2.60. The van der Waals surface area contributed by atoms with E-state index in [4.69, 9.17) is 16.3 Å². The van der Waals surface area contributed by atoms with E-state index >= 15 is 0 Å². The maximum Gasteiger partial charge on any atom is 0.251 e. The Morgan fingerprint density at radius 2 is 1.83 bits per heavy atom. The van der Waals surface area contributed by atoms with Crippen molar-refractivity contribution in [1.82, 2.24) is 5.32 Å². The number of anilines is 1. The molecule has 3 N–H and O–H groups in total. The van der Waals surface area contributed by atoms with E-state index in [1.807, 2.05) is 0 Å². The van der Waals surface area contributed by atoms with Crippen molar-refractivity contribution >= 4 is 23.2 Å². The average molecular weight is 435 g/mol. The molecule has 4 fully saturated rings. The van der Waals surface area contributed by atoms with E-state index in [-0.39, 0.29) is 16.9 Å². The summed E-state index contributed by atoms with van der Waals surface area (Å²) in [6, 6.07) is 10.3. The van der Waals surface area contributed by atoms with E-state index < -0.39 is 23.3 Å². The molecule has 1 aliphatic heterocycles. The van der Waals surface area contributed by atoms with Gasteiger partial charge in [0.2, 0.25) is 0 Å². The fourth-order valence-corrected chi connectivity index (χ4v) is 5.54. The lowest BCUT2D eigenvalue weighted by Gasteiger charge is -2.78. The van der Waals surface area contributed by atoms with Crippen molar-refractivity contribution in [1.29, 1.82) is 0 Å². The Morgan fingerprint density at radius 1 is 1.10 bits per heavy atom. The molecule has 1 heterocycles. The van der Waals surface area contributed by atoms with Crippen molar-refractivity contribution < 1.29 is 23.4 Å². The summed E-state index contributed by atoms with van der Waals surface area (Å²) in [6.45, 7) is 0.756. The van der Waals surface area contributed by atoms with Crippen LogP contribution in [0, 0.1) is 22.5 Å². The first-order valence-corrected chi connectivity index (χ1v) is 10.2. The van der Waals surface area contributed by atoms with E-state index in [0.717, 1.165) is 31.4 Å². The number of hydrogen-bond acceptors (Lipinski definition) is 4. The van der Waals surface area contributed by atoms with Crippen molar-refractivity contribution in [2.45, 2.75) is 31.0 Å². The van der Waals surface area contributed by atoms with Crippen LogP contribution in [0.3, 0.4) is 0 Å². The molecule has 158 valence electrons. The van der Waals surface area contributed by atoms with Gasteiger partial charge in [0.25, 0.3) is 5.91 Å². The minimum absolute atomic E-state index is 0.155. The molecular formula is C22H21ClF2N2O3. The van der Waals surface area contributed by atoms with Crippen LogP contribution in [0.2, 0.25) is 5.02 Å². The lowest BCUT2D eigenvalue weighted by Crippen LogP contribution is -2.83. The Morgan fingerprint density at radius 3 is 2.43 bits per heavy atom. The van der Waals surface area contributed by atoms with E-state index in [1.165, 1.54) is 6.07 Å². The van der Waals surface area contributed by atoms with Crippen molar-refractivity contribution in [3.8, 4) is 0 Å². The maximum atomic E-state index is 13.5. The Bertz CT molecular complexity index is 1010. The number of rotatable bonds is 6. The highest BCUT2D eigenvalue weighted by atomic mass is 35.5. The topological polar surface area (TPSA) is 70.6 Å². The Balaban J connectivity index is 1.26. The lowest BCUT2D eigenvalue weighted by atomic mass is 9.31. The van der Waals surface area contributed by atoms with Gasteiger partial charge in [-0.2, -0.15) is 0 Å². The molecule has 1 saturated heterocycles. The van der Waals surface area contributed by atoms with Crippen molar-refractivity contribution in [3.05, 3.63) is 64.7 Å². The number of carbonyl (C=O) groups excluding carboxylic acids is 1. The number of aliphatic hydroxyl groups is 1. The normalized spacial score (nSPS) is 29.1. The van der Waals surface area contributed by atoms with Gasteiger partial charge in [-0.3, -0.25) is 4.79 Å². The van der Waals surface area contributed by atoms with Crippen LogP contribution in [0.5, 0.6) is 0 Å². The number of benzene rings is 2. The van der Waals surface area contributed by atoms with E-state index in [0.29, 0.717) is 29.5 Å². The molecule has 0 aromatic heterocycles. The lowest BCUT2D eigenvalue weighted by molar-refractivity contribution is -0.325. The molecule has 3 aliphatic carbocycles. The SMILES string of the molecule is O=C(NC12CC(C3(C(O)Nc4ccc(F)c(F)c4)COC3)(C1)C2)c1cccc(Cl)c1. The smallest absolute Gasteiger partial charge is 0.251 e. The summed E-state index contributed by atoms with van der Waals surface area (Å²) in [5, 5.41) is 17.5. The molecule has 8 heteroatoms. The second-order valence-corrected chi connectivity index (χ2v) is 9.32. The number of ether oxygens (including phenoxy) is 1. The molecule has 30 heavy (non-hydrogen) atoms. The Labute approximate surface area is 177 Å². The molecule has 1 amide bonds. The second kappa shape index (κ2) is 6.64. The third-order valence-corrected chi connectivity index (χ3v) is 7.25. The Hall–Kier alpha value is -2.22. The monoisotopic (exact) mass is 434 g/mol. The summed E-state index contributed by atoms with van der Waals surface area (Å²) < 4.78 is 32.1. The molecule has 2 aromatic rings. The van der Waals surface area contributed by atoms with Crippen molar-refractivity contribution in [2.24, 2.45) is 10.8 Å². The van der Waals surface area contributed by atoms with Crippen LogP contribution in [0.1, 0.15) is 29.6 Å². The van der Waals surface area contributed by atoms with Crippen molar-refractivity contribution in [2.75, 3.05) is 18.5 Å². The van der Waals surface area contributed by atoms with Gasteiger partial charge in [0, 0.05) is 27.9 Å². The molecule has 0 radical (unpaired) electrons. The summed E-state index contributed by atoms with van der Waals surface area (Å²) in [6.07, 6.45) is 1.25. The quantitative estimate of drug-likeness (QED) is 0.606. The van der Waals surface area contributed by atoms with Gasteiger partial charge in [-0.1, -0.05) is 17.7 Å². The highest BCUT2D eigenvalue weighted by molar-refractivity contribution is 6.30. The number of hydrogen-bond donors (Lipinski definition) is 3. The van der Waals surface area contributed by atoms with Crippen LogP contribution in [0.25, 0.3) is 0 Å². The van der Waals surface area contributed by atoms with Crippen LogP contribution < -0.4 is 10.6 Å². The van der Waals surface area contributed by atoms with Crippen LogP contribution in [0.15, 0.2) is 42.5 Å². The Kier molecular flexibility index (Phi) is 4.36. The first-order valence-electron chi connectivity index (χ1n) is 9.82. The summed E-state index contributed by atoms with van der Waals surface area (Å²) in [5.74, 6) is -2.07. The molecule has 0 spiro atoms. The van der Waals surface area contributed by atoms with Crippen LogP contribution in [-0.2, 0) is 4.74 Å². The molecule has 1 atom stereocenters. The summed E-state index contributed by atoms with van der Waals surface area (Å²) in [4.78, 5) is 12.6. The summed E-state index contributed by atoms with van der Waals surface area (Å²) in [5.41, 5.74) is -0.131. The first-order chi connectivity index (χ1) is 14.3. The van der Waals surface area contributed by atoms with Crippen LogP contribution >= 0.6 is 11.6 Å². The second-order valence-electron chi connectivity index (χ2n) is 8.88. The summed E-state index contributed by atoms with van der Waals surface area (Å²) >= 11 is 5.97. The predicted molar refractivity (Wildman–Crippen MR) is 107 cm³/mol. The molecule has 3 saturated carbocycles. The fraction of sp³-hybridized carbons (Fsp3) is 0.409. The summed E-state index contributed by atoms with van der Waals surface area (Å²) in [7, 11) is 0. The van der Waals surface area contributed by atoms with Gasteiger partial charge >= 0.3 is 0 Å². The predicted octanol–water partition coefficient (Wildman–Crippen LogP) is 3.72. The number of nitrogens with one attached hydrogen (secondary N) is 2. The fourth-order valence-electron chi connectivity index (χ4n) is 5.35. The standard InChI is InChI=1S/C22H21ClF2N2O3/c23-14-3-1-2-13(6-14)18(28)27-21-8-20(9-21,10-21)22(11-30-12-22)19(29)26-15-4-5-16(24)17(25)7-15/h1-7,19,26,29H,8-12H2,(H,27,28). The van der Waals surface area contributed by atoms with Gasteiger partial charge in [-0.05, 0) is 55.0 Å². The third-order valence-electron chi connectivity index (χ3n) is 7.02. The zero-order valence-corrected chi connectivity index (χ0v) is 16.8. The van der Waals surface area contributed by atoms with Crippen molar-refractivity contribution in [3.63, 3.8) is 0 Å². The van der Waals surface area contributed by atoms with Gasteiger partial charge in [-0.25, -0.2) is 8.78 Å². The largest absolute Gasteiger partial charge is 0.380 e. The highest BCUT2D eigenvalue weighted by Crippen LogP contribution is 2.76. The van der Waals surface area contributed by atoms with Gasteiger partial charge < -0.3 is 20.5 Å². The highest BCUT2D eigenvalue weighted by Gasteiger charge is 2.78. The van der Waals surface area contributed by atoms with E-state index in [2.05, 4.69) is 10.6 Å². The maximum absolute atomic E-state index is 13.5. The number of aliphatic hydroxyl groups excluding tert-OH is 1. The molecule has 2 bridgehead atoms. The van der Waals surface area contributed by atoms with Crippen LogP contribution in [-0.4, -0.2) is 36.0 Å². The molecule has 5 nitrogen and oxygen atoms in total. The van der Waals surface area contributed by atoms with Crippen LogP contribution in [0.4, 0.5) is 14.5 Å². The van der Waals surface area contributed by atoms with Gasteiger partial charge in [0.1, 0.15) is 6.23 Å². The minimum Gasteiger partial charge on any atom is -0.380 e. The number of halogens is 3. The zero-order chi connectivity index (χ0) is 21.1. The first kappa shape index (κ1) is 19.7. The molecular weight excluding hydrogens is 414 g/mol. The zero-order valence-electron chi connectivity index (χ0n) is 16.1. The third kappa shape index (κ3) is 2.83. The van der Waals surface area contributed by atoms with Gasteiger partial charge in [0.05, 0.1) is 18.6 Å². The molecule has 6 rings (SSSR count). The van der Waals surface area contributed by atoms with E-state index in [9.17, 15) is 18.7 Å². The van der Waals surface area contributed by atoms with Gasteiger partial charge in [0.15, 0.2) is 11.6 Å².